The topological polar surface area (TPSA) is 38.5 Å². The maximum atomic E-state index is 5.30. The highest BCUT2D eigenvalue weighted by molar-refractivity contribution is 4.74. The zero-order valence-corrected chi connectivity index (χ0v) is 7.96. The molecule has 2 aliphatic rings. The van der Waals surface area contributed by atoms with Gasteiger partial charge in [0.2, 0.25) is 0 Å². The normalized spacial score (nSPS) is 29.0. The molecule has 2 aliphatic heterocycles. The fourth-order valence-corrected chi connectivity index (χ4v) is 1.66. The standard InChI is InChI=1S/C8H15NO.CH5N/c1-3-9(4-1)6-8-2-5-10-7-8;1-2/h8H,1-7H2;2H2,1H3. The lowest BCUT2D eigenvalue weighted by Crippen LogP contribution is -2.40. The van der Waals surface area contributed by atoms with E-state index in [0.29, 0.717) is 0 Å². The summed E-state index contributed by atoms with van der Waals surface area (Å²) in [7, 11) is 1.50. The molecule has 1 atom stereocenters. The molecule has 0 aromatic heterocycles. The molecule has 0 saturated carbocycles. The van der Waals surface area contributed by atoms with Crippen molar-refractivity contribution in [1.29, 1.82) is 0 Å². The van der Waals surface area contributed by atoms with E-state index in [0.717, 1.165) is 19.1 Å². The lowest BCUT2D eigenvalue weighted by atomic mass is 10.1. The predicted molar refractivity (Wildman–Crippen MR) is 50.1 cm³/mol. The second-order valence-electron chi connectivity index (χ2n) is 3.38. The Morgan fingerprint density at radius 3 is 2.58 bits per heavy atom. The van der Waals surface area contributed by atoms with E-state index >= 15 is 0 Å². The SMILES string of the molecule is C1CN(CC2CCOC2)C1.CN. The Hall–Kier alpha value is -0.120. The average molecular weight is 172 g/mol. The fraction of sp³-hybridized carbons (Fsp3) is 1.00. The van der Waals surface area contributed by atoms with E-state index in [9.17, 15) is 0 Å². The number of nitrogens with two attached hydrogens (primary N) is 1. The third-order valence-corrected chi connectivity index (χ3v) is 2.49. The van der Waals surface area contributed by atoms with Crippen molar-refractivity contribution in [3.63, 3.8) is 0 Å². The molecule has 2 fully saturated rings. The molecule has 72 valence electrons. The number of likely N-dealkylation sites (tertiary alicyclic amines) is 1. The minimum absolute atomic E-state index is 0.847. The van der Waals surface area contributed by atoms with Gasteiger partial charge in [-0.1, -0.05) is 0 Å². The molecular weight excluding hydrogens is 152 g/mol. The second kappa shape index (κ2) is 5.51. The van der Waals surface area contributed by atoms with Crippen molar-refractivity contribution in [3.8, 4) is 0 Å². The van der Waals surface area contributed by atoms with E-state index in [4.69, 9.17) is 4.74 Å². The lowest BCUT2D eigenvalue weighted by Gasteiger charge is -2.32. The van der Waals surface area contributed by atoms with Crippen molar-refractivity contribution in [2.24, 2.45) is 11.7 Å². The van der Waals surface area contributed by atoms with E-state index in [2.05, 4.69) is 10.6 Å². The largest absolute Gasteiger partial charge is 0.381 e. The average Bonchev–Trinajstić information content (AvgIpc) is 2.53. The number of hydrogen-bond acceptors (Lipinski definition) is 3. The van der Waals surface area contributed by atoms with Crippen LogP contribution in [0.3, 0.4) is 0 Å². The van der Waals surface area contributed by atoms with Crippen molar-refractivity contribution >= 4 is 0 Å². The molecule has 0 amide bonds. The van der Waals surface area contributed by atoms with Gasteiger partial charge in [-0.25, -0.2) is 0 Å². The summed E-state index contributed by atoms with van der Waals surface area (Å²) in [6.45, 7) is 5.96. The van der Waals surface area contributed by atoms with Gasteiger partial charge in [-0.2, -0.15) is 0 Å². The van der Waals surface area contributed by atoms with Crippen molar-refractivity contribution in [1.82, 2.24) is 4.90 Å². The van der Waals surface area contributed by atoms with Gasteiger partial charge in [-0.15, -0.1) is 0 Å². The first kappa shape index (κ1) is 9.96. The molecule has 1 unspecified atom stereocenters. The molecule has 0 spiro atoms. The molecule has 0 aromatic rings. The minimum Gasteiger partial charge on any atom is -0.381 e. The highest BCUT2D eigenvalue weighted by atomic mass is 16.5. The number of hydrogen-bond donors (Lipinski definition) is 1. The van der Waals surface area contributed by atoms with E-state index in [1.807, 2.05) is 0 Å². The Kier molecular flexibility index (Phi) is 4.58. The smallest absolute Gasteiger partial charge is 0.0507 e. The minimum atomic E-state index is 0.847. The maximum absolute atomic E-state index is 5.30. The Balaban J connectivity index is 0.000000336. The number of nitrogens with zero attached hydrogens (tertiary/aromatic N) is 1. The van der Waals surface area contributed by atoms with E-state index in [1.165, 1.54) is 39.5 Å². The van der Waals surface area contributed by atoms with Gasteiger partial charge in [0.1, 0.15) is 0 Å². The summed E-state index contributed by atoms with van der Waals surface area (Å²) in [6.07, 6.45) is 2.70. The van der Waals surface area contributed by atoms with Crippen LogP contribution in [0.4, 0.5) is 0 Å². The molecule has 3 heteroatoms. The molecule has 0 aromatic carbocycles. The van der Waals surface area contributed by atoms with Crippen LogP contribution >= 0.6 is 0 Å². The Bertz CT molecular complexity index is 109. The van der Waals surface area contributed by atoms with Gasteiger partial charge in [0.15, 0.2) is 0 Å². The summed E-state index contributed by atoms with van der Waals surface area (Å²) in [4.78, 5) is 2.53. The summed E-state index contributed by atoms with van der Waals surface area (Å²) < 4.78 is 5.30. The second-order valence-corrected chi connectivity index (χ2v) is 3.38. The summed E-state index contributed by atoms with van der Waals surface area (Å²) in [5, 5.41) is 0. The zero-order chi connectivity index (χ0) is 8.81. The number of rotatable bonds is 2. The molecule has 3 nitrogen and oxygen atoms in total. The van der Waals surface area contributed by atoms with Crippen molar-refractivity contribution in [2.75, 3.05) is 39.9 Å². The van der Waals surface area contributed by atoms with Crippen molar-refractivity contribution < 1.29 is 4.74 Å². The van der Waals surface area contributed by atoms with Crippen LogP contribution in [0.2, 0.25) is 0 Å². The highest BCUT2D eigenvalue weighted by Gasteiger charge is 2.21. The number of ether oxygens (including phenoxy) is 1. The van der Waals surface area contributed by atoms with E-state index < -0.39 is 0 Å². The molecule has 0 aliphatic carbocycles. The van der Waals surface area contributed by atoms with Gasteiger partial charge in [0.25, 0.3) is 0 Å². The van der Waals surface area contributed by atoms with Crippen LogP contribution in [-0.4, -0.2) is 44.8 Å². The zero-order valence-electron chi connectivity index (χ0n) is 7.96. The molecule has 2 N–H and O–H groups in total. The summed E-state index contributed by atoms with van der Waals surface area (Å²) in [5.74, 6) is 0.847. The third kappa shape index (κ3) is 2.73. The first-order valence-electron chi connectivity index (χ1n) is 4.83. The monoisotopic (exact) mass is 172 g/mol. The summed E-state index contributed by atoms with van der Waals surface area (Å²) in [5.41, 5.74) is 4.50. The van der Waals surface area contributed by atoms with Crippen LogP contribution in [0.5, 0.6) is 0 Å². The first-order valence-corrected chi connectivity index (χ1v) is 4.83. The van der Waals surface area contributed by atoms with Crippen LogP contribution < -0.4 is 5.73 Å². The third-order valence-electron chi connectivity index (χ3n) is 2.49. The van der Waals surface area contributed by atoms with Crippen LogP contribution in [0.15, 0.2) is 0 Å². The Morgan fingerprint density at radius 2 is 2.17 bits per heavy atom. The molecule has 0 bridgehead atoms. The van der Waals surface area contributed by atoms with Crippen LogP contribution in [0.1, 0.15) is 12.8 Å². The Labute approximate surface area is 74.9 Å². The van der Waals surface area contributed by atoms with Crippen LogP contribution in [-0.2, 0) is 4.74 Å². The molecule has 2 rings (SSSR count). The highest BCUT2D eigenvalue weighted by Crippen LogP contribution is 2.16. The molecule has 2 heterocycles. The quantitative estimate of drug-likeness (QED) is 0.651. The summed E-state index contributed by atoms with van der Waals surface area (Å²) >= 11 is 0. The Morgan fingerprint density at radius 1 is 1.42 bits per heavy atom. The van der Waals surface area contributed by atoms with Gasteiger partial charge < -0.3 is 15.4 Å². The van der Waals surface area contributed by atoms with Crippen LogP contribution in [0, 0.1) is 5.92 Å². The van der Waals surface area contributed by atoms with Crippen molar-refractivity contribution in [3.05, 3.63) is 0 Å². The molecular formula is C9H20N2O. The molecule has 2 saturated heterocycles. The van der Waals surface area contributed by atoms with Crippen molar-refractivity contribution in [2.45, 2.75) is 12.8 Å². The van der Waals surface area contributed by atoms with Gasteiger partial charge >= 0.3 is 0 Å². The van der Waals surface area contributed by atoms with Gasteiger partial charge in [0.05, 0.1) is 6.61 Å². The predicted octanol–water partition coefficient (Wildman–Crippen LogP) is 0.304. The maximum Gasteiger partial charge on any atom is 0.0507 e. The van der Waals surface area contributed by atoms with Gasteiger partial charge in [-0.05, 0) is 38.9 Å². The van der Waals surface area contributed by atoms with Gasteiger partial charge in [0, 0.05) is 13.2 Å². The molecule has 12 heavy (non-hydrogen) atoms. The van der Waals surface area contributed by atoms with Crippen LogP contribution in [0.25, 0.3) is 0 Å². The van der Waals surface area contributed by atoms with Gasteiger partial charge in [-0.3, -0.25) is 0 Å². The van der Waals surface area contributed by atoms with E-state index in [1.54, 1.807) is 0 Å². The lowest BCUT2D eigenvalue weighted by molar-refractivity contribution is 0.133. The van der Waals surface area contributed by atoms with E-state index in [-0.39, 0.29) is 0 Å². The fourth-order valence-electron chi connectivity index (χ4n) is 1.66. The summed E-state index contributed by atoms with van der Waals surface area (Å²) in [6, 6.07) is 0. The first-order chi connectivity index (χ1) is 5.95. The molecule has 0 radical (unpaired) electrons.